The molecule has 1 atom stereocenters. The highest BCUT2D eigenvalue weighted by Gasteiger charge is 2.26. The number of aromatic amines is 1. The quantitative estimate of drug-likeness (QED) is 0.804. The second-order valence-corrected chi connectivity index (χ2v) is 7.69. The Kier molecular flexibility index (Phi) is 5.76. The number of nitrogens with one attached hydrogen (secondary N) is 1. The van der Waals surface area contributed by atoms with E-state index in [4.69, 9.17) is 19.2 Å². The van der Waals surface area contributed by atoms with Crippen LogP contribution in [0.3, 0.4) is 0 Å². The molecule has 0 aliphatic carbocycles. The molecule has 0 spiro atoms. The molecule has 3 heterocycles. The molecule has 29 heavy (non-hydrogen) atoms. The van der Waals surface area contributed by atoms with Crippen molar-refractivity contribution in [1.29, 1.82) is 0 Å². The Hall–Kier alpha value is -2.54. The van der Waals surface area contributed by atoms with Gasteiger partial charge in [-0.05, 0) is 45.7 Å². The number of hydrogen-bond acceptors (Lipinski definition) is 6. The number of nitrogens with zero attached hydrogens (tertiary/aromatic N) is 2. The first-order valence-corrected chi connectivity index (χ1v) is 10.5. The van der Waals surface area contributed by atoms with Crippen molar-refractivity contribution in [2.24, 2.45) is 0 Å². The van der Waals surface area contributed by atoms with Gasteiger partial charge in [0.25, 0.3) is 5.56 Å². The normalized spacial score (nSPS) is 18.8. The van der Waals surface area contributed by atoms with E-state index < -0.39 is 0 Å². The van der Waals surface area contributed by atoms with E-state index in [0.29, 0.717) is 13.0 Å². The molecule has 7 heteroatoms. The van der Waals surface area contributed by atoms with Gasteiger partial charge in [0.15, 0.2) is 11.5 Å². The Labute approximate surface area is 171 Å². The first kappa shape index (κ1) is 19.8. The molecule has 0 radical (unpaired) electrons. The molecule has 0 saturated carbocycles. The molecular weight excluding hydrogens is 370 g/mol. The topological polar surface area (TPSA) is 76.7 Å². The van der Waals surface area contributed by atoms with Crippen LogP contribution in [0.4, 0.5) is 0 Å². The van der Waals surface area contributed by atoms with Gasteiger partial charge in [-0.1, -0.05) is 6.92 Å². The summed E-state index contributed by atoms with van der Waals surface area (Å²) >= 11 is 0. The molecule has 2 aromatic rings. The molecule has 1 aromatic heterocycles. The SMILES string of the molecule is CCOc1cc2c(cc1CN1CCC[C@H](c3nc(C)c(CC)c(=O)[nH]3)C1)OCO2. The first-order chi connectivity index (χ1) is 14.1. The number of fused-ring (bicyclic) bond motifs is 1. The zero-order chi connectivity index (χ0) is 20.4. The summed E-state index contributed by atoms with van der Waals surface area (Å²) in [5, 5.41) is 0. The van der Waals surface area contributed by atoms with Gasteiger partial charge in [0.2, 0.25) is 6.79 Å². The number of likely N-dealkylation sites (tertiary alicyclic amines) is 1. The number of H-pyrrole nitrogens is 1. The largest absolute Gasteiger partial charge is 0.493 e. The second kappa shape index (κ2) is 8.45. The van der Waals surface area contributed by atoms with Gasteiger partial charge in [-0.2, -0.15) is 0 Å². The average molecular weight is 399 g/mol. The lowest BCUT2D eigenvalue weighted by Crippen LogP contribution is -2.35. The highest BCUT2D eigenvalue weighted by Crippen LogP contribution is 2.39. The number of benzene rings is 1. The predicted octanol–water partition coefficient (Wildman–Crippen LogP) is 3.15. The van der Waals surface area contributed by atoms with Gasteiger partial charge in [-0.3, -0.25) is 9.69 Å². The minimum absolute atomic E-state index is 0.00141. The molecule has 1 saturated heterocycles. The van der Waals surface area contributed by atoms with Crippen molar-refractivity contribution in [3.63, 3.8) is 0 Å². The molecule has 4 rings (SSSR count). The lowest BCUT2D eigenvalue weighted by molar-refractivity contribution is 0.173. The number of piperidine rings is 1. The molecule has 2 aliphatic heterocycles. The van der Waals surface area contributed by atoms with Gasteiger partial charge in [-0.15, -0.1) is 0 Å². The van der Waals surface area contributed by atoms with Crippen LogP contribution in [0.1, 0.15) is 55.3 Å². The molecule has 0 amide bonds. The molecule has 0 unspecified atom stereocenters. The lowest BCUT2D eigenvalue weighted by atomic mass is 9.96. The van der Waals surface area contributed by atoms with Gasteiger partial charge < -0.3 is 19.2 Å². The van der Waals surface area contributed by atoms with Gasteiger partial charge in [0.05, 0.1) is 6.61 Å². The molecule has 0 bridgehead atoms. The summed E-state index contributed by atoms with van der Waals surface area (Å²) in [4.78, 5) is 22.5. The summed E-state index contributed by atoms with van der Waals surface area (Å²) in [7, 11) is 0. The minimum atomic E-state index is 0.00141. The van der Waals surface area contributed by atoms with Crippen LogP contribution in [0.5, 0.6) is 17.2 Å². The summed E-state index contributed by atoms with van der Waals surface area (Å²) < 4.78 is 16.9. The summed E-state index contributed by atoms with van der Waals surface area (Å²) in [6, 6.07) is 3.95. The first-order valence-electron chi connectivity index (χ1n) is 10.5. The maximum Gasteiger partial charge on any atom is 0.254 e. The van der Waals surface area contributed by atoms with Gasteiger partial charge in [-0.25, -0.2) is 4.98 Å². The highest BCUT2D eigenvalue weighted by molar-refractivity contribution is 5.51. The maximum atomic E-state index is 12.4. The van der Waals surface area contributed by atoms with Gasteiger partial charge >= 0.3 is 0 Å². The summed E-state index contributed by atoms with van der Waals surface area (Å²) in [6.07, 6.45) is 2.80. The molecule has 1 aromatic carbocycles. The van der Waals surface area contributed by atoms with Crippen LogP contribution in [0.2, 0.25) is 0 Å². The van der Waals surface area contributed by atoms with E-state index in [1.165, 1.54) is 0 Å². The second-order valence-electron chi connectivity index (χ2n) is 7.69. The number of hydrogen-bond donors (Lipinski definition) is 1. The Morgan fingerprint density at radius 1 is 1.28 bits per heavy atom. The predicted molar refractivity (Wildman–Crippen MR) is 110 cm³/mol. The summed E-state index contributed by atoms with van der Waals surface area (Å²) in [5.74, 6) is 3.39. The highest BCUT2D eigenvalue weighted by atomic mass is 16.7. The van der Waals surface area contributed by atoms with Crippen molar-refractivity contribution in [2.45, 2.75) is 52.5 Å². The Balaban J connectivity index is 1.53. The molecule has 1 N–H and O–H groups in total. The standard InChI is InChI=1S/C22H29N3O4/c1-4-17-14(3)23-21(24-22(17)26)15-7-6-8-25(11-15)12-16-9-19-20(29-13-28-19)10-18(16)27-5-2/h9-10,15H,4-8,11-13H2,1-3H3,(H,23,24,26)/t15-/m0/s1. The van der Waals surface area contributed by atoms with E-state index in [9.17, 15) is 4.79 Å². The number of aryl methyl sites for hydroxylation is 1. The van der Waals surface area contributed by atoms with Crippen molar-refractivity contribution < 1.29 is 14.2 Å². The number of aromatic nitrogens is 2. The van der Waals surface area contributed by atoms with Crippen molar-refractivity contribution in [3.05, 3.63) is 45.1 Å². The average Bonchev–Trinajstić information content (AvgIpc) is 3.15. The van der Waals surface area contributed by atoms with E-state index in [0.717, 1.165) is 72.4 Å². The van der Waals surface area contributed by atoms with E-state index in [2.05, 4.69) is 9.88 Å². The van der Waals surface area contributed by atoms with Crippen LogP contribution in [-0.2, 0) is 13.0 Å². The van der Waals surface area contributed by atoms with Crippen molar-refractivity contribution >= 4 is 0 Å². The van der Waals surface area contributed by atoms with E-state index in [-0.39, 0.29) is 18.3 Å². The molecular formula is C22H29N3O4. The van der Waals surface area contributed by atoms with Crippen molar-refractivity contribution in [3.8, 4) is 17.2 Å². The fourth-order valence-corrected chi connectivity index (χ4v) is 4.28. The van der Waals surface area contributed by atoms with Gasteiger partial charge in [0.1, 0.15) is 11.6 Å². The third-order valence-corrected chi connectivity index (χ3v) is 5.74. The lowest BCUT2D eigenvalue weighted by Gasteiger charge is -2.32. The minimum Gasteiger partial charge on any atom is -0.493 e. The van der Waals surface area contributed by atoms with Crippen LogP contribution in [-0.4, -0.2) is 41.4 Å². The van der Waals surface area contributed by atoms with Crippen LogP contribution in [0, 0.1) is 6.92 Å². The number of ether oxygens (including phenoxy) is 3. The van der Waals surface area contributed by atoms with E-state index in [1.54, 1.807) is 0 Å². The van der Waals surface area contributed by atoms with Gasteiger partial charge in [0, 0.05) is 41.9 Å². The van der Waals surface area contributed by atoms with Crippen molar-refractivity contribution in [1.82, 2.24) is 14.9 Å². The fraction of sp³-hybridized carbons (Fsp3) is 0.545. The zero-order valence-electron chi connectivity index (χ0n) is 17.4. The molecule has 2 aliphatic rings. The van der Waals surface area contributed by atoms with Crippen LogP contribution in [0.25, 0.3) is 0 Å². The smallest absolute Gasteiger partial charge is 0.254 e. The molecule has 156 valence electrons. The Bertz CT molecular complexity index is 940. The van der Waals surface area contributed by atoms with E-state index >= 15 is 0 Å². The van der Waals surface area contributed by atoms with Crippen LogP contribution >= 0.6 is 0 Å². The van der Waals surface area contributed by atoms with Crippen molar-refractivity contribution in [2.75, 3.05) is 26.5 Å². The van der Waals surface area contributed by atoms with E-state index in [1.807, 2.05) is 32.9 Å². The van der Waals surface area contributed by atoms with Crippen LogP contribution in [0.15, 0.2) is 16.9 Å². The monoisotopic (exact) mass is 399 g/mol. The zero-order valence-corrected chi connectivity index (χ0v) is 17.4. The van der Waals surface area contributed by atoms with Crippen LogP contribution < -0.4 is 19.8 Å². The fourth-order valence-electron chi connectivity index (χ4n) is 4.28. The third-order valence-electron chi connectivity index (χ3n) is 5.74. The Morgan fingerprint density at radius 3 is 2.79 bits per heavy atom. The third kappa shape index (κ3) is 4.10. The molecule has 1 fully saturated rings. The molecule has 7 nitrogen and oxygen atoms in total. The summed E-state index contributed by atoms with van der Waals surface area (Å²) in [6.45, 7) is 9.38. The maximum absolute atomic E-state index is 12.4. The number of rotatable bonds is 6. The Morgan fingerprint density at radius 2 is 2.07 bits per heavy atom. The summed E-state index contributed by atoms with van der Waals surface area (Å²) in [5.41, 5.74) is 2.72.